The first-order chi connectivity index (χ1) is 10.0. The van der Waals surface area contributed by atoms with Crippen LogP contribution in [0.15, 0.2) is 46.7 Å². The Morgan fingerprint density at radius 3 is 2.57 bits per heavy atom. The fourth-order valence-corrected chi connectivity index (χ4v) is 4.01. The molecule has 1 unspecified atom stereocenters. The highest BCUT2D eigenvalue weighted by molar-refractivity contribution is 7.91. The second kappa shape index (κ2) is 6.83. The van der Waals surface area contributed by atoms with Crippen molar-refractivity contribution >= 4 is 21.4 Å². The minimum Gasteiger partial charge on any atom is -0.324 e. The summed E-state index contributed by atoms with van der Waals surface area (Å²) in [6.07, 6.45) is 0.500. The Hall–Kier alpha value is -1.72. The van der Waals surface area contributed by atoms with Crippen LogP contribution in [0.1, 0.15) is 22.9 Å². The standard InChI is InChI=1S/C14H15N3O2S2/c15-10-12-6-7-14(20-12)21(18,19)17-9-8-13(16)11-4-2-1-3-5-11/h1-7,13,17H,8-9,16H2. The zero-order valence-corrected chi connectivity index (χ0v) is 12.8. The molecule has 0 fully saturated rings. The molecular weight excluding hydrogens is 306 g/mol. The SMILES string of the molecule is N#Cc1ccc(S(=O)(=O)NCCC(N)c2ccccc2)s1. The van der Waals surface area contributed by atoms with E-state index < -0.39 is 10.0 Å². The molecule has 2 rings (SSSR count). The summed E-state index contributed by atoms with van der Waals surface area (Å²) in [5.41, 5.74) is 6.99. The van der Waals surface area contributed by atoms with E-state index in [0.29, 0.717) is 11.3 Å². The first kappa shape index (κ1) is 15.7. The van der Waals surface area contributed by atoms with Gasteiger partial charge in [-0.05, 0) is 24.1 Å². The molecule has 3 N–H and O–H groups in total. The van der Waals surface area contributed by atoms with Gasteiger partial charge in [0.2, 0.25) is 10.0 Å². The fraction of sp³-hybridized carbons (Fsp3) is 0.214. The number of nitriles is 1. The van der Waals surface area contributed by atoms with E-state index in [1.54, 1.807) is 0 Å². The Balaban J connectivity index is 1.92. The molecule has 0 saturated carbocycles. The fourth-order valence-electron chi connectivity index (χ4n) is 1.81. The van der Waals surface area contributed by atoms with Gasteiger partial charge in [-0.1, -0.05) is 30.3 Å². The van der Waals surface area contributed by atoms with E-state index in [0.717, 1.165) is 16.9 Å². The Labute approximate surface area is 128 Å². The lowest BCUT2D eigenvalue weighted by Gasteiger charge is -2.12. The van der Waals surface area contributed by atoms with Crippen molar-refractivity contribution in [2.24, 2.45) is 5.73 Å². The molecule has 1 aromatic heterocycles. The normalized spacial score (nSPS) is 12.8. The van der Waals surface area contributed by atoms with Crippen molar-refractivity contribution in [3.05, 3.63) is 52.9 Å². The maximum absolute atomic E-state index is 12.0. The van der Waals surface area contributed by atoms with Crippen molar-refractivity contribution in [2.75, 3.05) is 6.54 Å². The Morgan fingerprint density at radius 1 is 1.24 bits per heavy atom. The third-order valence-electron chi connectivity index (χ3n) is 2.93. The zero-order chi connectivity index (χ0) is 15.3. The van der Waals surface area contributed by atoms with Crippen LogP contribution in [0.4, 0.5) is 0 Å². The van der Waals surface area contributed by atoms with Crippen molar-refractivity contribution < 1.29 is 8.42 Å². The molecule has 0 amide bonds. The molecule has 5 nitrogen and oxygen atoms in total. The smallest absolute Gasteiger partial charge is 0.250 e. The third kappa shape index (κ3) is 4.12. The summed E-state index contributed by atoms with van der Waals surface area (Å²) in [5.74, 6) is 0. The van der Waals surface area contributed by atoms with E-state index in [4.69, 9.17) is 11.0 Å². The predicted octanol–water partition coefficient (Wildman–Crippen LogP) is 1.99. The molecule has 0 spiro atoms. The quantitative estimate of drug-likeness (QED) is 0.850. The van der Waals surface area contributed by atoms with E-state index in [9.17, 15) is 8.42 Å². The second-order valence-electron chi connectivity index (χ2n) is 4.43. The van der Waals surface area contributed by atoms with E-state index in [-0.39, 0.29) is 16.8 Å². The molecule has 0 radical (unpaired) electrons. The maximum Gasteiger partial charge on any atom is 0.250 e. The highest BCUT2D eigenvalue weighted by atomic mass is 32.2. The second-order valence-corrected chi connectivity index (χ2v) is 7.51. The molecular formula is C14H15N3O2S2. The van der Waals surface area contributed by atoms with Crippen LogP contribution in [0.2, 0.25) is 0 Å². The summed E-state index contributed by atoms with van der Waals surface area (Å²) < 4.78 is 26.7. The van der Waals surface area contributed by atoms with Crippen molar-refractivity contribution in [1.82, 2.24) is 4.72 Å². The Kier molecular flexibility index (Phi) is 5.09. The Bertz CT molecular complexity index is 733. The average molecular weight is 321 g/mol. The van der Waals surface area contributed by atoms with Gasteiger partial charge in [0.1, 0.15) is 15.2 Å². The third-order valence-corrected chi connectivity index (χ3v) is 5.87. The van der Waals surface area contributed by atoms with Crippen molar-refractivity contribution in [1.29, 1.82) is 5.26 Å². The average Bonchev–Trinajstić information content (AvgIpc) is 2.98. The van der Waals surface area contributed by atoms with Gasteiger partial charge in [0.15, 0.2) is 0 Å². The topological polar surface area (TPSA) is 96.0 Å². The van der Waals surface area contributed by atoms with Gasteiger partial charge in [0.05, 0.1) is 0 Å². The van der Waals surface area contributed by atoms with Gasteiger partial charge >= 0.3 is 0 Å². The maximum atomic E-state index is 12.0. The van der Waals surface area contributed by atoms with Crippen LogP contribution >= 0.6 is 11.3 Å². The van der Waals surface area contributed by atoms with Crippen LogP contribution in [-0.2, 0) is 10.0 Å². The minimum absolute atomic E-state index is 0.146. The van der Waals surface area contributed by atoms with Crippen molar-refractivity contribution in [3.63, 3.8) is 0 Å². The molecule has 0 aliphatic carbocycles. The predicted molar refractivity (Wildman–Crippen MR) is 82.2 cm³/mol. The van der Waals surface area contributed by atoms with Gasteiger partial charge in [-0.15, -0.1) is 11.3 Å². The molecule has 110 valence electrons. The lowest BCUT2D eigenvalue weighted by atomic mass is 10.1. The molecule has 1 heterocycles. The van der Waals surface area contributed by atoms with Gasteiger partial charge in [-0.25, -0.2) is 13.1 Å². The summed E-state index contributed by atoms with van der Waals surface area (Å²) in [6.45, 7) is 0.248. The van der Waals surface area contributed by atoms with Crippen LogP contribution in [0.25, 0.3) is 0 Å². The number of rotatable bonds is 6. The molecule has 21 heavy (non-hydrogen) atoms. The van der Waals surface area contributed by atoms with Crippen LogP contribution in [-0.4, -0.2) is 15.0 Å². The zero-order valence-electron chi connectivity index (χ0n) is 11.2. The minimum atomic E-state index is -3.57. The van der Waals surface area contributed by atoms with E-state index in [1.807, 2.05) is 36.4 Å². The number of nitrogens with two attached hydrogens (primary N) is 1. The van der Waals surface area contributed by atoms with Crippen molar-refractivity contribution in [2.45, 2.75) is 16.7 Å². The van der Waals surface area contributed by atoms with Gasteiger partial charge < -0.3 is 5.73 Å². The Morgan fingerprint density at radius 2 is 1.95 bits per heavy atom. The van der Waals surface area contributed by atoms with E-state index >= 15 is 0 Å². The number of nitrogens with zero attached hydrogens (tertiary/aromatic N) is 1. The molecule has 0 aliphatic heterocycles. The summed E-state index contributed by atoms with van der Waals surface area (Å²) in [7, 11) is -3.57. The number of nitrogens with one attached hydrogen (secondary N) is 1. The summed E-state index contributed by atoms with van der Waals surface area (Å²) in [4.78, 5) is 0.372. The molecule has 7 heteroatoms. The number of benzene rings is 1. The molecule has 2 aromatic rings. The van der Waals surface area contributed by atoms with Crippen LogP contribution in [0.3, 0.4) is 0 Å². The molecule has 1 aromatic carbocycles. The summed E-state index contributed by atoms with van der Waals surface area (Å²) in [5, 5.41) is 8.72. The van der Waals surface area contributed by atoms with Gasteiger partial charge in [0, 0.05) is 12.6 Å². The van der Waals surface area contributed by atoms with Gasteiger partial charge in [-0.3, -0.25) is 0 Å². The molecule has 0 saturated heterocycles. The van der Waals surface area contributed by atoms with Crippen LogP contribution in [0.5, 0.6) is 0 Å². The number of sulfonamides is 1. The lowest BCUT2D eigenvalue weighted by molar-refractivity contribution is 0.571. The number of hydrogen-bond donors (Lipinski definition) is 2. The molecule has 1 atom stereocenters. The number of thiophene rings is 1. The summed E-state index contributed by atoms with van der Waals surface area (Å²) in [6, 6.07) is 14.2. The van der Waals surface area contributed by atoms with Crippen LogP contribution < -0.4 is 10.5 Å². The monoisotopic (exact) mass is 321 g/mol. The first-order valence-electron chi connectivity index (χ1n) is 6.33. The first-order valence-corrected chi connectivity index (χ1v) is 8.63. The molecule has 0 bridgehead atoms. The van der Waals surface area contributed by atoms with E-state index in [1.165, 1.54) is 12.1 Å². The largest absolute Gasteiger partial charge is 0.324 e. The number of hydrogen-bond acceptors (Lipinski definition) is 5. The summed E-state index contributed by atoms with van der Waals surface area (Å²) >= 11 is 0.952. The van der Waals surface area contributed by atoms with Gasteiger partial charge in [0.25, 0.3) is 0 Å². The van der Waals surface area contributed by atoms with E-state index in [2.05, 4.69) is 4.72 Å². The molecule has 0 aliphatic rings. The highest BCUT2D eigenvalue weighted by Crippen LogP contribution is 2.20. The van der Waals surface area contributed by atoms with Crippen molar-refractivity contribution in [3.8, 4) is 6.07 Å². The highest BCUT2D eigenvalue weighted by Gasteiger charge is 2.17. The lowest BCUT2D eigenvalue weighted by Crippen LogP contribution is -2.26. The van der Waals surface area contributed by atoms with Gasteiger partial charge in [-0.2, -0.15) is 5.26 Å². The van der Waals surface area contributed by atoms with Crippen LogP contribution in [0, 0.1) is 11.3 Å².